The van der Waals surface area contributed by atoms with Crippen molar-refractivity contribution in [1.29, 1.82) is 0 Å². The molecule has 2 aromatic carbocycles. The summed E-state index contributed by atoms with van der Waals surface area (Å²) in [6, 6.07) is 18.9. The number of allylic oxidation sites excluding steroid dienone is 1. The SMILES string of the molecule is CC/C=C\c1cccc(-c2ccc3ccc4cccnc4c3n2)c1C. The summed E-state index contributed by atoms with van der Waals surface area (Å²) < 4.78 is 0. The lowest BCUT2D eigenvalue weighted by atomic mass is 9.98. The first-order chi connectivity index (χ1) is 12.3. The van der Waals surface area contributed by atoms with Crippen molar-refractivity contribution in [3.05, 3.63) is 78.0 Å². The monoisotopic (exact) mass is 324 g/mol. The molecule has 0 atom stereocenters. The highest BCUT2D eigenvalue weighted by Gasteiger charge is 2.09. The molecule has 4 aromatic rings. The number of pyridine rings is 2. The summed E-state index contributed by atoms with van der Waals surface area (Å²) in [5, 5.41) is 2.24. The summed E-state index contributed by atoms with van der Waals surface area (Å²) in [5.74, 6) is 0. The second kappa shape index (κ2) is 6.48. The number of hydrogen-bond acceptors (Lipinski definition) is 2. The van der Waals surface area contributed by atoms with Crippen LogP contribution >= 0.6 is 0 Å². The molecule has 0 saturated carbocycles. The minimum Gasteiger partial charge on any atom is -0.254 e. The molecular weight excluding hydrogens is 304 g/mol. The summed E-state index contributed by atoms with van der Waals surface area (Å²) in [4.78, 5) is 9.52. The number of hydrogen-bond donors (Lipinski definition) is 0. The first-order valence-electron chi connectivity index (χ1n) is 8.69. The fraction of sp³-hybridized carbons (Fsp3) is 0.130. The van der Waals surface area contributed by atoms with E-state index < -0.39 is 0 Å². The van der Waals surface area contributed by atoms with E-state index in [1.165, 1.54) is 16.7 Å². The van der Waals surface area contributed by atoms with Gasteiger partial charge in [-0.15, -0.1) is 0 Å². The number of nitrogens with zero attached hydrogens (tertiary/aromatic N) is 2. The molecule has 0 radical (unpaired) electrons. The lowest BCUT2D eigenvalue weighted by Crippen LogP contribution is -1.92. The Bertz CT molecular complexity index is 1090. The molecule has 4 rings (SSSR count). The van der Waals surface area contributed by atoms with Crippen LogP contribution in [0.15, 0.2) is 66.9 Å². The summed E-state index contributed by atoms with van der Waals surface area (Å²) >= 11 is 0. The Morgan fingerprint density at radius 1 is 0.880 bits per heavy atom. The van der Waals surface area contributed by atoms with E-state index in [1.54, 1.807) is 0 Å². The average Bonchev–Trinajstić information content (AvgIpc) is 2.67. The van der Waals surface area contributed by atoms with Gasteiger partial charge in [0.25, 0.3) is 0 Å². The number of rotatable bonds is 3. The van der Waals surface area contributed by atoms with Crippen LogP contribution in [0.4, 0.5) is 0 Å². The van der Waals surface area contributed by atoms with Crippen LogP contribution in [0, 0.1) is 6.92 Å². The Kier molecular flexibility index (Phi) is 4.02. The highest BCUT2D eigenvalue weighted by molar-refractivity contribution is 6.03. The molecule has 0 spiro atoms. The van der Waals surface area contributed by atoms with Crippen LogP contribution in [0.5, 0.6) is 0 Å². The Hall–Kier alpha value is -3.00. The van der Waals surface area contributed by atoms with Crippen molar-refractivity contribution in [2.45, 2.75) is 20.3 Å². The zero-order chi connectivity index (χ0) is 17.2. The van der Waals surface area contributed by atoms with Crippen molar-refractivity contribution < 1.29 is 0 Å². The largest absolute Gasteiger partial charge is 0.254 e. The van der Waals surface area contributed by atoms with Gasteiger partial charge in [0.15, 0.2) is 0 Å². The molecular formula is C23H20N2. The molecule has 2 aromatic heterocycles. The van der Waals surface area contributed by atoms with Gasteiger partial charge in [-0.25, -0.2) is 4.98 Å². The minimum absolute atomic E-state index is 0.960. The minimum atomic E-state index is 0.960. The molecule has 0 unspecified atom stereocenters. The number of fused-ring (bicyclic) bond motifs is 3. The second-order valence-electron chi connectivity index (χ2n) is 6.24. The zero-order valence-electron chi connectivity index (χ0n) is 14.5. The lowest BCUT2D eigenvalue weighted by Gasteiger charge is -2.10. The van der Waals surface area contributed by atoms with Crippen LogP contribution in [0.1, 0.15) is 24.5 Å². The highest BCUT2D eigenvalue weighted by Crippen LogP contribution is 2.29. The van der Waals surface area contributed by atoms with Crippen LogP contribution < -0.4 is 0 Å². The Morgan fingerprint density at radius 2 is 1.68 bits per heavy atom. The van der Waals surface area contributed by atoms with Crippen LogP contribution in [0.3, 0.4) is 0 Å². The maximum atomic E-state index is 4.97. The van der Waals surface area contributed by atoms with Gasteiger partial charge in [0.2, 0.25) is 0 Å². The fourth-order valence-corrected chi connectivity index (χ4v) is 3.23. The molecule has 0 aliphatic carbocycles. The summed E-state index contributed by atoms with van der Waals surface area (Å²) in [6.07, 6.45) is 7.25. The van der Waals surface area contributed by atoms with Crippen molar-refractivity contribution in [2.75, 3.05) is 0 Å². The molecule has 2 nitrogen and oxygen atoms in total. The smallest absolute Gasteiger partial charge is 0.0972 e. The van der Waals surface area contributed by atoms with E-state index in [0.717, 1.165) is 33.9 Å². The normalized spacial score (nSPS) is 11.6. The number of aromatic nitrogens is 2. The average molecular weight is 324 g/mol. The molecule has 0 amide bonds. The fourth-order valence-electron chi connectivity index (χ4n) is 3.23. The maximum Gasteiger partial charge on any atom is 0.0972 e. The zero-order valence-corrected chi connectivity index (χ0v) is 14.5. The second-order valence-corrected chi connectivity index (χ2v) is 6.24. The summed E-state index contributed by atoms with van der Waals surface area (Å²) in [5.41, 5.74) is 6.60. The van der Waals surface area contributed by atoms with Crippen LogP contribution in [0.25, 0.3) is 39.1 Å². The van der Waals surface area contributed by atoms with Crippen molar-refractivity contribution in [1.82, 2.24) is 9.97 Å². The van der Waals surface area contributed by atoms with Gasteiger partial charge in [-0.3, -0.25) is 4.98 Å². The summed E-state index contributed by atoms with van der Waals surface area (Å²) in [6.45, 7) is 4.32. The molecule has 2 heteroatoms. The standard InChI is InChI=1S/C23H20N2/c1-3-4-7-17-8-5-10-20(16(17)2)21-14-13-19-12-11-18-9-6-15-24-22(18)23(19)25-21/h4-15H,3H2,1-2H3/b7-4-. The molecule has 0 bridgehead atoms. The first kappa shape index (κ1) is 15.5. The van der Waals surface area contributed by atoms with Crippen LogP contribution in [0.2, 0.25) is 0 Å². The van der Waals surface area contributed by atoms with E-state index in [1.807, 2.05) is 12.3 Å². The molecule has 0 saturated heterocycles. The molecule has 0 aliphatic heterocycles. The van der Waals surface area contributed by atoms with Crippen molar-refractivity contribution >= 4 is 27.9 Å². The molecule has 122 valence electrons. The van der Waals surface area contributed by atoms with E-state index >= 15 is 0 Å². The van der Waals surface area contributed by atoms with Crippen molar-refractivity contribution in [3.8, 4) is 11.3 Å². The molecule has 25 heavy (non-hydrogen) atoms. The molecule has 0 aliphatic rings. The van der Waals surface area contributed by atoms with E-state index in [2.05, 4.69) is 79.5 Å². The van der Waals surface area contributed by atoms with Gasteiger partial charge in [-0.1, -0.05) is 61.5 Å². The van der Waals surface area contributed by atoms with Gasteiger partial charge < -0.3 is 0 Å². The van der Waals surface area contributed by atoms with Gasteiger partial charge >= 0.3 is 0 Å². The third-order valence-electron chi connectivity index (χ3n) is 4.62. The molecule has 0 fully saturated rings. The predicted octanol–water partition coefficient (Wildman–Crippen LogP) is 6.18. The Balaban J connectivity index is 1.93. The third-order valence-corrected chi connectivity index (χ3v) is 4.62. The van der Waals surface area contributed by atoms with Gasteiger partial charge in [-0.05, 0) is 36.6 Å². The number of benzene rings is 2. The first-order valence-corrected chi connectivity index (χ1v) is 8.69. The predicted molar refractivity (Wildman–Crippen MR) is 107 cm³/mol. The van der Waals surface area contributed by atoms with Gasteiger partial charge in [-0.2, -0.15) is 0 Å². The molecule has 0 N–H and O–H groups in total. The topological polar surface area (TPSA) is 25.8 Å². The Morgan fingerprint density at radius 3 is 2.52 bits per heavy atom. The summed E-state index contributed by atoms with van der Waals surface area (Å²) in [7, 11) is 0. The van der Waals surface area contributed by atoms with Crippen LogP contribution in [-0.4, -0.2) is 9.97 Å². The van der Waals surface area contributed by atoms with E-state index in [-0.39, 0.29) is 0 Å². The van der Waals surface area contributed by atoms with Crippen molar-refractivity contribution in [3.63, 3.8) is 0 Å². The quantitative estimate of drug-likeness (QED) is 0.420. The Labute approximate surface area is 147 Å². The van der Waals surface area contributed by atoms with E-state index in [4.69, 9.17) is 4.98 Å². The highest BCUT2D eigenvalue weighted by atomic mass is 14.8. The maximum absolute atomic E-state index is 4.97. The third kappa shape index (κ3) is 2.80. The van der Waals surface area contributed by atoms with Gasteiger partial charge in [0.05, 0.1) is 16.7 Å². The van der Waals surface area contributed by atoms with E-state index in [9.17, 15) is 0 Å². The van der Waals surface area contributed by atoms with Gasteiger partial charge in [0, 0.05) is 22.5 Å². The molecule has 2 heterocycles. The lowest BCUT2D eigenvalue weighted by molar-refractivity contribution is 1.23. The van der Waals surface area contributed by atoms with Crippen molar-refractivity contribution in [2.24, 2.45) is 0 Å². The van der Waals surface area contributed by atoms with Crippen LogP contribution in [-0.2, 0) is 0 Å². The van der Waals surface area contributed by atoms with E-state index in [0.29, 0.717) is 0 Å². The van der Waals surface area contributed by atoms with Gasteiger partial charge in [0.1, 0.15) is 0 Å².